The SMILES string of the molecule is COc1cc(C)c(C2(C(C)=O)COC2)c(OC)c1. The zero-order chi connectivity index (χ0) is 13.3. The number of ether oxygens (including phenoxy) is 3. The number of benzene rings is 1. The lowest BCUT2D eigenvalue weighted by atomic mass is 9.73. The van der Waals surface area contributed by atoms with E-state index < -0.39 is 5.41 Å². The topological polar surface area (TPSA) is 44.8 Å². The summed E-state index contributed by atoms with van der Waals surface area (Å²) < 4.78 is 15.9. The van der Waals surface area contributed by atoms with Gasteiger partial charge in [0.1, 0.15) is 22.7 Å². The predicted octanol–water partition coefficient (Wildman–Crippen LogP) is 1.87. The minimum absolute atomic E-state index is 0.111. The third-order valence-corrected chi connectivity index (χ3v) is 3.58. The molecule has 1 aromatic rings. The summed E-state index contributed by atoms with van der Waals surface area (Å²) in [7, 11) is 3.21. The number of Topliss-reactive ketones (excluding diaryl/α,β-unsaturated/α-hetero) is 1. The second-order valence-corrected chi connectivity index (χ2v) is 4.65. The van der Waals surface area contributed by atoms with Gasteiger partial charge in [-0.2, -0.15) is 0 Å². The van der Waals surface area contributed by atoms with Crippen LogP contribution in [0, 0.1) is 6.92 Å². The summed E-state index contributed by atoms with van der Waals surface area (Å²) in [4.78, 5) is 12.0. The van der Waals surface area contributed by atoms with E-state index in [1.54, 1.807) is 21.1 Å². The highest BCUT2D eigenvalue weighted by molar-refractivity contribution is 5.90. The second kappa shape index (κ2) is 4.61. The molecule has 0 amide bonds. The van der Waals surface area contributed by atoms with Crippen LogP contribution in [0.1, 0.15) is 18.1 Å². The van der Waals surface area contributed by atoms with Crippen LogP contribution in [0.4, 0.5) is 0 Å². The van der Waals surface area contributed by atoms with Crippen LogP contribution in [-0.2, 0) is 14.9 Å². The number of methoxy groups -OCH3 is 2. The lowest BCUT2D eigenvalue weighted by Gasteiger charge is -2.41. The van der Waals surface area contributed by atoms with Crippen molar-refractivity contribution in [2.24, 2.45) is 0 Å². The highest BCUT2D eigenvalue weighted by atomic mass is 16.5. The van der Waals surface area contributed by atoms with Crippen molar-refractivity contribution in [1.82, 2.24) is 0 Å². The third kappa shape index (κ3) is 1.77. The minimum Gasteiger partial charge on any atom is -0.497 e. The molecule has 0 N–H and O–H groups in total. The van der Waals surface area contributed by atoms with Crippen molar-refractivity contribution in [1.29, 1.82) is 0 Å². The van der Waals surface area contributed by atoms with Crippen molar-refractivity contribution >= 4 is 5.78 Å². The van der Waals surface area contributed by atoms with Gasteiger partial charge in [-0.15, -0.1) is 0 Å². The van der Waals surface area contributed by atoms with Crippen molar-refractivity contribution in [2.45, 2.75) is 19.3 Å². The number of ketones is 1. The predicted molar refractivity (Wildman–Crippen MR) is 67.5 cm³/mol. The molecule has 1 aliphatic heterocycles. The smallest absolute Gasteiger partial charge is 0.145 e. The summed E-state index contributed by atoms with van der Waals surface area (Å²) in [6, 6.07) is 3.73. The van der Waals surface area contributed by atoms with E-state index in [4.69, 9.17) is 14.2 Å². The Morgan fingerprint density at radius 3 is 2.33 bits per heavy atom. The highest BCUT2D eigenvalue weighted by Crippen LogP contribution is 2.42. The molecule has 0 aliphatic carbocycles. The fraction of sp³-hybridized carbons (Fsp3) is 0.500. The molecule has 1 heterocycles. The van der Waals surface area contributed by atoms with Gasteiger partial charge in [-0.3, -0.25) is 4.79 Å². The number of hydrogen-bond acceptors (Lipinski definition) is 4. The molecule has 0 aromatic heterocycles. The first-order valence-electron chi connectivity index (χ1n) is 5.87. The van der Waals surface area contributed by atoms with Crippen molar-refractivity contribution in [3.63, 3.8) is 0 Å². The molecule has 98 valence electrons. The van der Waals surface area contributed by atoms with E-state index in [1.807, 2.05) is 19.1 Å². The summed E-state index contributed by atoms with van der Waals surface area (Å²) in [5.41, 5.74) is 1.36. The molecule has 1 saturated heterocycles. The second-order valence-electron chi connectivity index (χ2n) is 4.65. The van der Waals surface area contributed by atoms with Crippen LogP contribution < -0.4 is 9.47 Å². The average molecular weight is 250 g/mol. The van der Waals surface area contributed by atoms with Gasteiger partial charge in [-0.25, -0.2) is 0 Å². The van der Waals surface area contributed by atoms with Crippen molar-refractivity contribution < 1.29 is 19.0 Å². The zero-order valence-electron chi connectivity index (χ0n) is 11.2. The van der Waals surface area contributed by atoms with Crippen LogP contribution in [0.3, 0.4) is 0 Å². The molecule has 0 spiro atoms. The number of carbonyl (C=O) groups excluding carboxylic acids is 1. The molecule has 0 bridgehead atoms. The van der Waals surface area contributed by atoms with Crippen molar-refractivity contribution in [2.75, 3.05) is 27.4 Å². The molecule has 0 atom stereocenters. The first kappa shape index (κ1) is 12.9. The Balaban J connectivity index is 2.59. The largest absolute Gasteiger partial charge is 0.497 e. The Morgan fingerprint density at radius 1 is 1.28 bits per heavy atom. The molecule has 0 unspecified atom stereocenters. The monoisotopic (exact) mass is 250 g/mol. The van der Waals surface area contributed by atoms with Gasteiger partial charge in [0.25, 0.3) is 0 Å². The van der Waals surface area contributed by atoms with Gasteiger partial charge in [0, 0.05) is 11.6 Å². The summed E-state index contributed by atoms with van der Waals surface area (Å²) in [5, 5.41) is 0. The van der Waals surface area contributed by atoms with E-state index in [9.17, 15) is 4.79 Å². The van der Waals surface area contributed by atoms with Crippen LogP contribution in [-0.4, -0.2) is 33.2 Å². The highest BCUT2D eigenvalue weighted by Gasteiger charge is 2.47. The Bertz CT molecular complexity index is 475. The summed E-state index contributed by atoms with van der Waals surface area (Å²) in [5.74, 6) is 1.53. The molecular weight excluding hydrogens is 232 g/mol. The first-order valence-corrected chi connectivity index (χ1v) is 5.87. The van der Waals surface area contributed by atoms with E-state index in [-0.39, 0.29) is 5.78 Å². The summed E-state index contributed by atoms with van der Waals surface area (Å²) >= 11 is 0. The number of carbonyl (C=O) groups is 1. The molecule has 4 nitrogen and oxygen atoms in total. The van der Waals surface area contributed by atoms with Crippen LogP contribution >= 0.6 is 0 Å². The van der Waals surface area contributed by atoms with Crippen molar-refractivity contribution in [3.8, 4) is 11.5 Å². The Labute approximate surface area is 107 Å². The molecule has 4 heteroatoms. The minimum atomic E-state index is -0.554. The fourth-order valence-corrected chi connectivity index (χ4v) is 2.44. The summed E-state index contributed by atoms with van der Waals surface area (Å²) in [6.45, 7) is 4.41. The molecule has 0 saturated carbocycles. The lowest BCUT2D eigenvalue weighted by molar-refractivity contribution is -0.140. The fourth-order valence-electron chi connectivity index (χ4n) is 2.44. The Kier molecular flexibility index (Phi) is 3.30. The third-order valence-electron chi connectivity index (χ3n) is 3.58. The molecule has 1 aliphatic rings. The average Bonchev–Trinajstić information content (AvgIpc) is 2.28. The maximum absolute atomic E-state index is 12.0. The van der Waals surface area contributed by atoms with Crippen LogP contribution in [0.25, 0.3) is 0 Å². The Morgan fingerprint density at radius 2 is 1.94 bits per heavy atom. The molecule has 18 heavy (non-hydrogen) atoms. The summed E-state index contributed by atoms with van der Waals surface area (Å²) in [6.07, 6.45) is 0. The zero-order valence-corrected chi connectivity index (χ0v) is 11.2. The number of rotatable bonds is 4. The van der Waals surface area contributed by atoms with E-state index in [0.29, 0.717) is 19.0 Å². The Hall–Kier alpha value is -1.55. The normalized spacial score (nSPS) is 16.9. The van der Waals surface area contributed by atoms with E-state index in [1.165, 1.54) is 0 Å². The van der Waals surface area contributed by atoms with Crippen molar-refractivity contribution in [3.05, 3.63) is 23.3 Å². The van der Waals surface area contributed by atoms with Crippen LogP contribution in [0.15, 0.2) is 12.1 Å². The number of hydrogen-bond donors (Lipinski definition) is 0. The quantitative estimate of drug-likeness (QED) is 0.818. The van der Waals surface area contributed by atoms with E-state index in [0.717, 1.165) is 16.9 Å². The standard InChI is InChI=1S/C14H18O4/c1-9-5-11(16-3)6-12(17-4)13(9)14(10(2)15)7-18-8-14/h5-6H,7-8H2,1-4H3. The van der Waals surface area contributed by atoms with E-state index in [2.05, 4.69) is 0 Å². The van der Waals surface area contributed by atoms with Gasteiger partial charge in [-0.1, -0.05) is 0 Å². The van der Waals surface area contributed by atoms with Gasteiger partial charge in [-0.05, 0) is 25.5 Å². The van der Waals surface area contributed by atoms with Gasteiger partial charge < -0.3 is 14.2 Å². The maximum Gasteiger partial charge on any atom is 0.145 e. The number of aryl methyl sites for hydroxylation is 1. The maximum atomic E-state index is 12.0. The van der Waals surface area contributed by atoms with E-state index >= 15 is 0 Å². The molecule has 1 fully saturated rings. The van der Waals surface area contributed by atoms with Gasteiger partial charge in [0.15, 0.2) is 0 Å². The van der Waals surface area contributed by atoms with Gasteiger partial charge in [0.05, 0.1) is 27.4 Å². The first-order chi connectivity index (χ1) is 8.55. The van der Waals surface area contributed by atoms with Gasteiger partial charge >= 0.3 is 0 Å². The van der Waals surface area contributed by atoms with Gasteiger partial charge in [0.2, 0.25) is 0 Å². The lowest BCUT2D eigenvalue weighted by Crippen LogP contribution is -2.52. The molecule has 2 rings (SSSR count). The molecule has 1 aromatic carbocycles. The molecule has 0 radical (unpaired) electrons. The molecular formula is C14H18O4. The van der Waals surface area contributed by atoms with Crippen LogP contribution in [0.2, 0.25) is 0 Å². The van der Waals surface area contributed by atoms with Crippen LogP contribution in [0.5, 0.6) is 11.5 Å².